The maximum atomic E-state index is 10.4. The summed E-state index contributed by atoms with van der Waals surface area (Å²) in [6, 6.07) is 8.78. The van der Waals surface area contributed by atoms with Crippen LogP contribution in [-0.2, 0) is 4.74 Å². The van der Waals surface area contributed by atoms with Gasteiger partial charge in [0.15, 0.2) is 0 Å². The standard InChI is InChI=1S/C21H32ClN3O2/c22-17-3-1-2-4-18(17)25-10-5-16(6-11-25)24-12-7-21(8-13-24)19(26)15-20(21)27-14-9-23/h1-4,16,19-20,26H,5-15,23H2/t19-,20+/m1/s1. The normalized spacial score (nSPS) is 29.1. The summed E-state index contributed by atoms with van der Waals surface area (Å²) in [5, 5.41) is 11.3. The van der Waals surface area contributed by atoms with Crippen LogP contribution in [0.5, 0.6) is 0 Å². The van der Waals surface area contributed by atoms with Crippen molar-refractivity contribution in [2.45, 2.75) is 50.4 Å². The Balaban J connectivity index is 1.29. The summed E-state index contributed by atoms with van der Waals surface area (Å²) in [4.78, 5) is 5.05. The fourth-order valence-corrected chi connectivity index (χ4v) is 5.57. The number of rotatable bonds is 5. The minimum Gasteiger partial charge on any atom is -0.392 e. The largest absolute Gasteiger partial charge is 0.392 e. The number of halogens is 1. The third kappa shape index (κ3) is 3.73. The molecule has 4 rings (SSSR count). The van der Waals surface area contributed by atoms with Crippen molar-refractivity contribution < 1.29 is 9.84 Å². The van der Waals surface area contributed by atoms with Crippen LogP contribution < -0.4 is 10.6 Å². The van der Waals surface area contributed by atoms with E-state index in [1.54, 1.807) is 0 Å². The monoisotopic (exact) mass is 393 g/mol. The van der Waals surface area contributed by atoms with Crippen molar-refractivity contribution in [3.63, 3.8) is 0 Å². The topological polar surface area (TPSA) is 62.0 Å². The van der Waals surface area contributed by atoms with Gasteiger partial charge in [0.1, 0.15) is 0 Å². The molecular formula is C21H32ClN3O2. The molecule has 5 nitrogen and oxygen atoms in total. The second-order valence-electron chi connectivity index (χ2n) is 8.34. The van der Waals surface area contributed by atoms with E-state index in [1.165, 1.54) is 12.8 Å². The Hall–Kier alpha value is -0.850. The molecule has 3 aliphatic rings. The van der Waals surface area contributed by atoms with Gasteiger partial charge in [-0.2, -0.15) is 0 Å². The number of hydrogen-bond donors (Lipinski definition) is 2. The quantitative estimate of drug-likeness (QED) is 0.804. The number of para-hydroxylation sites is 1. The molecular weight excluding hydrogens is 362 g/mol. The van der Waals surface area contributed by atoms with E-state index in [1.807, 2.05) is 12.1 Å². The smallest absolute Gasteiger partial charge is 0.0682 e. The van der Waals surface area contributed by atoms with Gasteiger partial charge in [0.2, 0.25) is 0 Å². The SMILES string of the molecule is NCCO[C@H]1C[C@@H](O)C12CCN(C1CCN(c3ccccc3Cl)CC1)CC2. The second-order valence-corrected chi connectivity index (χ2v) is 8.75. The molecule has 1 spiro atoms. The Kier molecular flexibility index (Phi) is 5.95. The number of nitrogens with zero attached hydrogens (tertiary/aromatic N) is 2. The van der Waals surface area contributed by atoms with Crippen LogP contribution in [-0.4, -0.2) is 67.6 Å². The Labute approximate surface area is 167 Å². The third-order valence-corrected chi connectivity index (χ3v) is 7.40. The summed E-state index contributed by atoms with van der Waals surface area (Å²) in [5.74, 6) is 0. The van der Waals surface area contributed by atoms with Gasteiger partial charge in [-0.15, -0.1) is 0 Å². The lowest BCUT2D eigenvalue weighted by molar-refractivity contribution is -0.212. The van der Waals surface area contributed by atoms with E-state index >= 15 is 0 Å². The minimum atomic E-state index is -0.204. The summed E-state index contributed by atoms with van der Waals surface area (Å²) in [7, 11) is 0. The van der Waals surface area contributed by atoms with E-state index in [-0.39, 0.29) is 17.6 Å². The minimum absolute atomic E-state index is 0.0239. The molecule has 27 heavy (non-hydrogen) atoms. The molecule has 3 fully saturated rings. The van der Waals surface area contributed by atoms with E-state index in [2.05, 4.69) is 21.9 Å². The fraction of sp³-hybridized carbons (Fsp3) is 0.714. The third-order valence-electron chi connectivity index (χ3n) is 7.08. The number of piperidine rings is 2. The van der Waals surface area contributed by atoms with Crippen molar-refractivity contribution in [3.05, 3.63) is 29.3 Å². The van der Waals surface area contributed by atoms with Crippen LogP contribution in [0.25, 0.3) is 0 Å². The summed E-state index contributed by atoms with van der Waals surface area (Å²) < 4.78 is 5.92. The van der Waals surface area contributed by atoms with Crippen LogP contribution in [0.4, 0.5) is 5.69 Å². The summed E-state index contributed by atoms with van der Waals surface area (Å²) >= 11 is 6.36. The molecule has 2 saturated heterocycles. The summed E-state index contributed by atoms with van der Waals surface area (Å²) in [6.07, 6.45) is 5.19. The molecule has 1 aliphatic carbocycles. The lowest BCUT2D eigenvalue weighted by Crippen LogP contribution is -2.63. The highest BCUT2D eigenvalue weighted by atomic mass is 35.5. The maximum absolute atomic E-state index is 10.4. The molecule has 0 unspecified atom stereocenters. The number of ether oxygens (including phenoxy) is 1. The van der Waals surface area contributed by atoms with Crippen LogP contribution in [0.2, 0.25) is 5.02 Å². The highest BCUT2D eigenvalue weighted by Crippen LogP contribution is 2.51. The van der Waals surface area contributed by atoms with Gasteiger partial charge >= 0.3 is 0 Å². The number of likely N-dealkylation sites (tertiary alicyclic amines) is 1. The number of hydrogen-bond acceptors (Lipinski definition) is 5. The Morgan fingerprint density at radius 2 is 1.85 bits per heavy atom. The first-order valence-electron chi connectivity index (χ1n) is 10.4. The Bertz CT molecular complexity index is 628. The highest BCUT2D eigenvalue weighted by Gasteiger charge is 2.56. The molecule has 3 N–H and O–H groups in total. The molecule has 0 amide bonds. The van der Waals surface area contributed by atoms with Crippen LogP contribution >= 0.6 is 11.6 Å². The molecule has 0 aromatic heterocycles. The molecule has 0 radical (unpaired) electrons. The van der Waals surface area contributed by atoms with Crippen LogP contribution in [0.15, 0.2) is 24.3 Å². The molecule has 2 aliphatic heterocycles. The molecule has 1 aromatic carbocycles. The summed E-state index contributed by atoms with van der Waals surface area (Å²) in [6.45, 7) is 5.40. The van der Waals surface area contributed by atoms with Gasteiger partial charge in [-0.25, -0.2) is 0 Å². The van der Waals surface area contributed by atoms with Gasteiger partial charge in [-0.1, -0.05) is 23.7 Å². The molecule has 1 saturated carbocycles. The maximum Gasteiger partial charge on any atom is 0.0682 e. The fourth-order valence-electron chi connectivity index (χ4n) is 5.31. The van der Waals surface area contributed by atoms with Gasteiger partial charge in [0.05, 0.1) is 29.5 Å². The first kappa shape index (κ1) is 19.5. The lowest BCUT2D eigenvalue weighted by atomic mass is 9.58. The van der Waals surface area contributed by atoms with Gasteiger partial charge < -0.3 is 25.4 Å². The molecule has 1 aromatic rings. The van der Waals surface area contributed by atoms with E-state index in [0.29, 0.717) is 19.2 Å². The Morgan fingerprint density at radius 3 is 2.48 bits per heavy atom. The predicted molar refractivity (Wildman–Crippen MR) is 109 cm³/mol. The van der Waals surface area contributed by atoms with Gasteiger partial charge in [0, 0.05) is 37.5 Å². The Morgan fingerprint density at radius 1 is 1.15 bits per heavy atom. The average molecular weight is 394 g/mol. The number of benzene rings is 1. The van der Waals surface area contributed by atoms with E-state index in [0.717, 1.165) is 56.2 Å². The molecule has 150 valence electrons. The van der Waals surface area contributed by atoms with Crippen LogP contribution in [0.3, 0.4) is 0 Å². The van der Waals surface area contributed by atoms with Crippen molar-refractivity contribution in [2.24, 2.45) is 11.1 Å². The van der Waals surface area contributed by atoms with Gasteiger partial charge in [0.25, 0.3) is 0 Å². The predicted octanol–water partition coefficient (Wildman–Crippen LogP) is 2.50. The van der Waals surface area contributed by atoms with Crippen LogP contribution in [0, 0.1) is 5.41 Å². The number of aliphatic hydroxyl groups excluding tert-OH is 1. The van der Waals surface area contributed by atoms with Crippen molar-refractivity contribution in [1.29, 1.82) is 0 Å². The zero-order chi connectivity index (χ0) is 18.9. The number of anilines is 1. The van der Waals surface area contributed by atoms with E-state index in [9.17, 15) is 5.11 Å². The van der Waals surface area contributed by atoms with Crippen LogP contribution in [0.1, 0.15) is 32.1 Å². The zero-order valence-electron chi connectivity index (χ0n) is 16.0. The van der Waals surface area contributed by atoms with Gasteiger partial charge in [-0.3, -0.25) is 0 Å². The highest BCUT2D eigenvalue weighted by molar-refractivity contribution is 6.33. The zero-order valence-corrected chi connectivity index (χ0v) is 16.8. The first-order valence-corrected chi connectivity index (χ1v) is 10.7. The molecule has 6 heteroatoms. The first-order chi connectivity index (χ1) is 13.1. The summed E-state index contributed by atoms with van der Waals surface area (Å²) in [5.41, 5.74) is 6.72. The lowest BCUT2D eigenvalue weighted by Gasteiger charge is -2.57. The van der Waals surface area contributed by atoms with Crippen molar-refractivity contribution in [2.75, 3.05) is 44.2 Å². The van der Waals surface area contributed by atoms with Crippen molar-refractivity contribution in [1.82, 2.24) is 4.90 Å². The van der Waals surface area contributed by atoms with Gasteiger partial charge in [-0.05, 0) is 50.9 Å². The van der Waals surface area contributed by atoms with E-state index < -0.39 is 0 Å². The molecule has 0 bridgehead atoms. The number of nitrogens with two attached hydrogens (primary N) is 1. The molecule has 2 heterocycles. The van der Waals surface area contributed by atoms with E-state index in [4.69, 9.17) is 22.1 Å². The van der Waals surface area contributed by atoms with Crippen molar-refractivity contribution >= 4 is 17.3 Å². The van der Waals surface area contributed by atoms with Crippen molar-refractivity contribution in [3.8, 4) is 0 Å². The second kappa shape index (κ2) is 8.26. The molecule has 2 atom stereocenters. The average Bonchev–Trinajstić information content (AvgIpc) is 2.72. The number of aliphatic hydroxyl groups is 1.